The summed E-state index contributed by atoms with van der Waals surface area (Å²) >= 11 is 6.05. The molecule has 0 fully saturated rings. The molecular formula is C19H15ClN2O2. The van der Waals surface area contributed by atoms with Gasteiger partial charge >= 0.3 is 0 Å². The smallest absolute Gasteiger partial charge is 0.255 e. The first-order valence-corrected chi connectivity index (χ1v) is 7.78. The molecule has 2 aromatic carbocycles. The number of hydrogen-bond donors (Lipinski definition) is 1. The maximum atomic E-state index is 12.2. The van der Waals surface area contributed by atoms with Crippen LogP contribution in [0.3, 0.4) is 0 Å². The zero-order valence-corrected chi connectivity index (χ0v) is 13.5. The second kappa shape index (κ2) is 7.62. The van der Waals surface area contributed by atoms with Crippen LogP contribution in [-0.4, -0.2) is 10.9 Å². The molecule has 3 rings (SSSR count). The van der Waals surface area contributed by atoms with E-state index in [1.165, 1.54) is 0 Å². The summed E-state index contributed by atoms with van der Waals surface area (Å²) in [6.45, 7) is 0.385. The van der Waals surface area contributed by atoms with E-state index in [4.69, 9.17) is 16.3 Å². The van der Waals surface area contributed by atoms with Crippen molar-refractivity contribution >= 4 is 23.2 Å². The average Bonchev–Trinajstić information content (AvgIpc) is 2.62. The normalized spacial score (nSPS) is 10.2. The Morgan fingerprint density at radius 1 is 1.00 bits per heavy atom. The van der Waals surface area contributed by atoms with Crippen molar-refractivity contribution in [3.63, 3.8) is 0 Å². The zero-order valence-electron chi connectivity index (χ0n) is 12.8. The second-order valence-corrected chi connectivity index (χ2v) is 5.51. The van der Waals surface area contributed by atoms with Crippen molar-refractivity contribution in [2.45, 2.75) is 6.61 Å². The topological polar surface area (TPSA) is 51.2 Å². The van der Waals surface area contributed by atoms with Crippen LogP contribution >= 0.6 is 11.6 Å². The van der Waals surface area contributed by atoms with Crippen molar-refractivity contribution < 1.29 is 9.53 Å². The molecule has 5 heteroatoms. The van der Waals surface area contributed by atoms with Crippen molar-refractivity contribution in [3.8, 4) is 5.75 Å². The van der Waals surface area contributed by atoms with Gasteiger partial charge in [-0.2, -0.15) is 0 Å². The van der Waals surface area contributed by atoms with E-state index in [0.29, 0.717) is 28.6 Å². The molecule has 0 aliphatic heterocycles. The third kappa shape index (κ3) is 4.12. The van der Waals surface area contributed by atoms with Gasteiger partial charge in [-0.05, 0) is 42.0 Å². The van der Waals surface area contributed by atoms with Crippen LogP contribution in [0.1, 0.15) is 15.9 Å². The molecule has 1 amide bonds. The Kier molecular flexibility index (Phi) is 5.08. The van der Waals surface area contributed by atoms with Gasteiger partial charge in [-0.1, -0.05) is 35.9 Å². The van der Waals surface area contributed by atoms with Crippen LogP contribution in [0.4, 0.5) is 5.69 Å². The second-order valence-electron chi connectivity index (χ2n) is 5.11. The molecule has 0 aliphatic rings. The van der Waals surface area contributed by atoms with E-state index in [2.05, 4.69) is 10.3 Å². The lowest BCUT2D eigenvalue weighted by molar-refractivity contribution is 0.102. The minimum atomic E-state index is -0.167. The summed E-state index contributed by atoms with van der Waals surface area (Å²) in [5.74, 6) is 0.471. The zero-order chi connectivity index (χ0) is 16.8. The molecule has 1 N–H and O–H groups in total. The fraction of sp³-hybridized carbons (Fsp3) is 0.0526. The van der Waals surface area contributed by atoms with E-state index >= 15 is 0 Å². The van der Waals surface area contributed by atoms with Crippen molar-refractivity contribution in [1.82, 2.24) is 4.98 Å². The first kappa shape index (κ1) is 16.0. The molecule has 24 heavy (non-hydrogen) atoms. The van der Waals surface area contributed by atoms with Gasteiger partial charge in [-0.25, -0.2) is 0 Å². The number of halogens is 1. The van der Waals surface area contributed by atoms with Crippen LogP contribution in [0, 0.1) is 0 Å². The van der Waals surface area contributed by atoms with Gasteiger partial charge in [0.05, 0.1) is 5.02 Å². The van der Waals surface area contributed by atoms with Gasteiger partial charge < -0.3 is 10.1 Å². The molecule has 0 unspecified atom stereocenters. The van der Waals surface area contributed by atoms with E-state index in [-0.39, 0.29) is 5.91 Å². The van der Waals surface area contributed by atoms with Crippen LogP contribution in [-0.2, 0) is 6.61 Å². The first-order valence-electron chi connectivity index (χ1n) is 7.40. The largest absolute Gasteiger partial charge is 0.487 e. The number of ether oxygens (including phenoxy) is 1. The van der Waals surface area contributed by atoms with Gasteiger partial charge in [0, 0.05) is 23.6 Å². The molecule has 0 saturated carbocycles. The molecule has 1 heterocycles. The van der Waals surface area contributed by atoms with Crippen LogP contribution in [0.2, 0.25) is 5.02 Å². The minimum absolute atomic E-state index is 0.167. The Bertz CT molecular complexity index is 820. The monoisotopic (exact) mass is 338 g/mol. The molecule has 3 aromatic rings. The van der Waals surface area contributed by atoms with E-state index < -0.39 is 0 Å². The van der Waals surface area contributed by atoms with Crippen molar-refractivity contribution in [3.05, 3.63) is 89.2 Å². The summed E-state index contributed by atoms with van der Waals surface area (Å²) in [7, 11) is 0. The summed E-state index contributed by atoms with van der Waals surface area (Å²) in [5, 5.41) is 3.39. The van der Waals surface area contributed by atoms with Crippen LogP contribution in [0.15, 0.2) is 73.1 Å². The Labute approximate surface area is 145 Å². The Hall–Kier alpha value is -2.85. The summed E-state index contributed by atoms with van der Waals surface area (Å²) in [4.78, 5) is 16.1. The molecule has 1 aromatic heterocycles. The van der Waals surface area contributed by atoms with Gasteiger partial charge in [0.2, 0.25) is 0 Å². The lowest BCUT2D eigenvalue weighted by Gasteiger charge is -2.09. The fourth-order valence-electron chi connectivity index (χ4n) is 2.11. The summed E-state index contributed by atoms with van der Waals surface area (Å²) in [5.41, 5.74) is 2.24. The molecule has 0 spiro atoms. The van der Waals surface area contributed by atoms with E-state index in [9.17, 15) is 4.79 Å². The van der Waals surface area contributed by atoms with Crippen LogP contribution in [0.5, 0.6) is 5.75 Å². The number of carbonyl (C=O) groups excluding carboxylic acids is 1. The Balaban J connectivity index is 1.61. The number of para-hydroxylation sites is 1. The lowest BCUT2D eigenvalue weighted by Crippen LogP contribution is -2.11. The molecule has 0 aliphatic carbocycles. The van der Waals surface area contributed by atoms with Crippen molar-refractivity contribution in [1.29, 1.82) is 0 Å². The number of amides is 1. The Morgan fingerprint density at radius 3 is 2.42 bits per heavy atom. The molecule has 4 nitrogen and oxygen atoms in total. The van der Waals surface area contributed by atoms with E-state index in [0.717, 1.165) is 5.56 Å². The standard InChI is InChI=1S/C19H15ClN2O2/c20-17-3-1-2-4-18(17)24-13-14-5-7-15(8-6-14)19(23)22-16-9-11-21-12-10-16/h1-12H,13H2,(H,21,22,23). The predicted molar refractivity (Wildman–Crippen MR) is 94.4 cm³/mol. The molecular weight excluding hydrogens is 324 g/mol. The SMILES string of the molecule is O=C(Nc1ccncc1)c1ccc(COc2ccccc2Cl)cc1. The molecule has 120 valence electrons. The molecule has 0 bridgehead atoms. The number of nitrogens with zero attached hydrogens (tertiary/aromatic N) is 1. The minimum Gasteiger partial charge on any atom is -0.487 e. The summed E-state index contributed by atoms with van der Waals surface area (Å²) in [6.07, 6.45) is 3.26. The first-order chi connectivity index (χ1) is 11.7. The quantitative estimate of drug-likeness (QED) is 0.741. The van der Waals surface area contributed by atoms with Gasteiger partial charge in [-0.15, -0.1) is 0 Å². The lowest BCUT2D eigenvalue weighted by atomic mass is 10.1. The third-order valence-corrected chi connectivity index (χ3v) is 3.70. The number of hydrogen-bond acceptors (Lipinski definition) is 3. The van der Waals surface area contributed by atoms with Gasteiger partial charge in [0.25, 0.3) is 5.91 Å². The summed E-state index contributed by atoms with van der Waals surface area (Å²) < 4.78 is 5.68. The van der Waals surface area contributed by atoms with E-state index in [1.54, 1.807) is 42.7 Å². The maximum absolute atomic E-state index is 12.2. The highest BCUT2D eigenvalue weighted by molar-refractivity contribution is 6.32. The van der Waals surface area contributed by atoms with Gasteiger partial charge in [0.15, 0.2) is 0 Å². The highest BCUT2D eigenvalue weighted by Gasteiger charge is 2.06. The number of pyridine rings is 1. The maximum Gasteiger partial charge on any atom is 0.255 e. The predicted octanol–water partition coefficient (Wildman–Crippen LogP) is 4.57. The number of carbonyl (C=O) groups is 1. The van der Waals surface area contributed by atoms with Crippen LogP contribution in [0.25, 0.3) is 0 Å². The molecule has 0 radical (unpaired) electrons. The molecule has 0 atom stereocenters. The Morgan fingerprint density at radius 2 is 1.71 bits per heavy atom. The van der Waals surface area contributed by atoms with Crippen LogP contribution < -0.4 is 10.1 Å². The van der Waals surface area contributed by atoms with Crippen molar-refractivity contribution in [2.24, 2.45) is 0 Å². The van der Waals surface area contributed by atoms with Gasteiger partial charge in [-0.3, -0.25) is 9.78 Å². The highest BCUT2D eigenvalue weighted by Crippen LogP contribution is 2.24. The molecule has 0 saturated heterocycles. The number of nitrogens with one attached hydrogen (secondary N) is 1. The average molecular weight is 339 g/mol. The number of benzene rings is 2. The third-order valence-electron chi connectivity index (χ3n) is 3.39. The van der Waals surface area contributed by atoms with Gasteiger partial charge in [0.1, 0.15) is 12.4 Å². The summed E-state index contributed by atoms with van der Waals surface area (Å²) in [6, 6.07) is 18.1. The highest BCUT2D eigenvalue weighted by atomic mass is 35.5. The number of rotatable bonds is 5. The van der Waals surface area contributed by atoms with E-state index in [1.807, 2.05) is 30.3 Å². The van der Waals surface area contributed by atoms with Crippen molar-refractivity contribution in [2.75, 3.05) is 5.32 Å². The number of aromatic nitrogens is 1. The fourth-order valence-corrected chi connectivity index (χ4v) is 2.30. The number of anilines is 1.